The van der Waals surface area contributed by atoms with Gasteiger partial charge in [-0.1, -0.05) is 12.1 Å². The number of nitrogens with zero attached hydrogens (tertiary/aromatic N) is 1. The zero-order valence-electron chi connectivity index (χ0n) is 15.9. The summed E-state index contributed by atoms with van der Waals surface area (Å²) in [6.07, 6.45) is 0. The van der Waals surface area contributed by atoms with Crippen molar-refractivity contribution in [1.82, 2.24) is 10.3 Å². The molecule has 1 amide bonds. The minimum absolute atomic E-state index is 0.248. The highest BCUT2D eigenvalue weighted by Gasteiger charge is 2.08. The lowest BCUT2D eigenvalue weighted by atomic mass is 10.1. The summed E-state index contributed by atoms with van der Waals surface area (Å²) in [6, 6.07) is 19.0. The lowest BCUT2D eigenvalue weighted by Crippen LogP contribution is -2.22. The van der Waals surface area contributed by atoms with Crippen LogP contribution in [0.15, 0.2) is 71.1 Å². The molecule has 146 valence electrons. The maximum atomic E-state index is 13.0. The second kappa shape index (κ2) is 8.14. The second-order valence-corrected chi connectivity index (χ2v) is 6.74. The van der Waals surface area contributed by atoms with E-state index in [2.05, 4.69) is 15.6 Å². The number of anilines is 1. The standard InChI is InChI=1S/C23H20FN3O2/c1-15-5-10-19(29-15)14-25-22-12-11-20-17(3-2-4-21(20)27-22)13-26-23(28)16-6-8-18(24)9-7-16/h2-12H,13-14H2,1H3,(H,25,27)(H,26,28). The highest BCUT2D eigenvalue weighted by atomic mass is 19.1. The van der Waals surface area contributed by atoms with Crippen LogP contribution in [0.1, 0.15) is 27.4 Å². The number of nitrogens with one attached hydrogen (secondary N) is 2. The van der Waals surface area contributed by atoms with E-state index in [1.807, 2.05) is 49.4 Å². The Morgan fingerprint density at radius 1 is 1.00 bits per heavy atom. The van der Waals surface area contributed by atoms with Gasteiger partial charge in [-0.25, -0.2) is 9.37 Å². The van der Waals surface area contributed by atoms with Crippen LogP contribution in [0.25, 0.3) is 10.9 Å². The van der Waals surface area contributed by atoms with Crippen LogP contribution in [-0.2, 0) is 13.1 Å². The summed E-state index contributed by atoms with van der Waals surface area (Å²) in [5.74, 6) is 1.86. The third-order valence-corrected chi connectivity index (χ3v) is 4.61. The summed E-state index contributed by atoms with van der Waals surface area (Å²) in [5.41, 5.74) is 2.21. The van der Waals surface area contributed by atoms with E-state index in [0.717, 1.165) is 33.8 Å². The molecule has 0 unspecified atom stereocenters. The fourth-order valence-corrected chi connectivity index (χ4v) is 3.11. The fraction of sp³-hybridized carbons (Fsp3) is 0.130. The zero-order chi connectivity index (χ0) is 20.2. The molecule has 2 aromatic carbocycles. The van der Waals surface area contributed by atoms with Gasteiger partial charge in [-0.05, 0) is 67.1 Å². The van der Waals surface area contributed by atoms with Crippen molar-refractivity contribution in [1.29, 1.82) is 0 Å². The predicted octanol–water partition coefficient (Wildman–Crippen LogP) is 4.82. The maximum Gasteiger partial charge on any atom is 0.251 e. The summed E-state index contributed by atoms with van der Waals surface area (Å²) in [7, 11) is 0. The van der Waals surface area contributed by atoms with Crippen LogP contribution in [0, 0.1) is 12.7 Å². The minimum Gasteiger partial charge on any atom is -0.465 e. The Morgan fingerprint density at radius 3 is 2.59 bits per heavy atom. The molecule has 0 atom stereocenters. The molecule has 0 aliphatic heterocycles. The Hall–Kier alpha value is -3.67. The molecule has 0 bridgehead atoms. The monoisotopic (exact) mass is 389 g/mol. The number of hydrogen-bond acceptors (Lipinski definition) is 4. The number of hydrogen-bond donors (Lipinski definition) is 2. The van der Waals surface area contributed by atoms with E-state index < -0.39 is 0 Å². The highest BCUT2D eigenvalue weighted by Crippen LogP contribution is 2.20. The number of benzene rings is 2. The lowest BCUT2D eigenvalue weighted by molar-refractivity contribution is 0.0951. The van der Waals surface area contributed by atoms with Gasteiger partial charge in [0.15, 0.2) is 0 Å². The maximum absolute atomic E-state index is 13.0. The van der Waals surface area contributed by atoms with E-state index in [1.54, 1.807) is 0 Å². The number of carbonyl (C=O) groups is 1. The predicted molar refractivity (Wildman–Crippen MR) is 110 cm³/mol. The van der Waals surface area contributed by atoms with Crippen LogP contribution in [0.5, 0.6) is 0 Å². The molecule has 0 aliphatic carbocycles. The molecule has 4 aromatic rings. The number of aromatic nitrogens is 1. The summed E-state index contributed by atoms with van der Waals surface area (Å²) < 4.78 is 18.6. The molecule has 2 aromatic heterocycles. The smallest absolute Gasteiger partial charge is 0.251 e. The van der Waals surface area contributed by atoms with Crippen molar-refractivity contribution in [3.8, 4) is 0 Å². The Balaban J connectivity index is 1.45. The summed E-state index contributed by atoms with van der Waals surface area (Å²) in [6.45, 7) is 2.82. The first-order valence-electron chi connectivity index (χ1n) is 9.30. The van der Waals surface area contributed by atoms with Gasteiger partial charge in [0, 0.05) is 17.5 Å². The van der Waals surface area contributed by atoms with E-state index in [4.69, 9.17) is 4.42 Å². The van der Waals surface area contributed by atoms with E-state index in [1.165, 1.54) is 24.3 Å². The molecule has 0 spiro atoms. The van der Waals surface area contributed by atoms with Crippen molar-refractivity contribution in [3.63, 3.8) is 0 Å². The van der Waals surface area contributed by atoms with Crippen molar-refractivity contribution < 1.29 is 13.6 Å². The van der Waals surface area contributed by atoms with Crippen LogP contribution in [0.2, 0.25) is 0 Å². The van der Waals surface area contributed by atoms with Crippen LogP contribution in [0.3, 0.4) is 0 Å². The van der Waals surface area contributed by atoms with Crippen LogP contribution < -0.4 is 10.6 Å². The van der Waals surface area contributed by atoms with Gasteiger partial charge in [0.25, 0.3) is 5.91 Å². The third-order valence-electron chi connectivity index (χ3n) is 4.61. The normalized spacial score (nSPS) is 10.8. The number of pyridine rings is 1. The van der Waals surface area contributed by atoms with Crippen molar-refractivity contribution in [2.75, 3.05) is 5.32 Å². The van der Waals surface area contributed by atoms with Gasteiger partial charge in [-0.2, -0.15) is 0 Å². The molecule has 2 heterocycles. The van der Waals surface area contributed by atoms with Crippen molar-refractivity contribution in [2.24, 2.45) is 0 Å². The van der Waals surface area contributed by atoms with Crippen molar-refractivity contribution in [3.05, 3.63) is 95.2 Å². The van der Waals surface area contributed by atoms with E-state index >= 15 is 0 Å². The zero-order valence-corrected chi connectivity index (χ0v) is 15.9. The Bertz CT molecular complexity index is 1150. The molecule has 6 heteroatoms. The van der Waals surface area contributed by atoms with Crippen LogP contribution in [-0.4, -0.2) is 10.9 Å². The molecule has 4 rings (SSSR count). The molecular formula is C23H20FN3O2. The summed E-state index contributed by atoms with van der Waals surface area (Å²) in [5, 5.41) is 7.09. The number of furan rings is 1. The average Bonchev–Trinajstić information content (AvgIpc) is 3.16. The van der Waals surface area contributed by atoms with Gasteiger partial charge >= 0.3 is 0 Å². The average molecular weight is 389 g/mol. The van der Waals surface area contributed by atoms with Gasteiger partial charge in [-0.15, -0.1) is 0 Å². The minimum atomic E-state index is -0.367. The number of halogens is 1. The largest absolute Gasteiger partial charge is 0.465 e. The van der Waals surface area contributed by atoms with Crippen LogP contribution >= 0.6 is 0 Å². The Morgan fingerprint density at radius 2 is 1.83 bits per heavy atom. The number of carbonyl (C=O) groups excluding carboxylic acids is 1. The van der Waals surface area contributed by atoms with Gasteiger partial charge < -0.3 is 15.1 Å². The Labute approximate surface area is 167 Å². The first kappa shape index (κ1) is 18.7. The van der Waals surface area contributed by atoms with Gasteiger partial charge in [0.1, 0.15) is 23.2 Å². The molecule has 0 saturated carbocycles. The van der Waals surface area contributed by atoms with E-state index in [9.17, 15) is 9.18 Å². The van der Waals surface area contributed by atoms with E-state index in [-0.39, 0.29) is 11.7 Å². The van der Waals surface area contributed by atoms with Gasteiger partial charge in [0.2, 0.25) is 0 Å². The molecule has 2 N–H and O–H groups in total. The molecule has 0 saturated heterocycles. The first-order valence-corrected chi connectivity index (χ1v) is 9.30. The molecule has 0 aliphatic rings. The number of aryl methyl sites for hydroxylation is 1. The van der Waals surface area contributed by atoms with Gasteiger partial charge in [-0.3, -0.25) is 4.79 Å². The number of fused-ring (bicyclic) bond motifs is 1. The van der Waals surface area contributed by atoms with Crippen molar-refractivity contribution >= 4 is 22.6 Å². The quantitative estimate of drug-likeness (QED) is 0.496. The molecule has 5 nitrogen and oxygen atoms in total. The highest BCUT2D eigenvalue weighted by molar-refractivity contribution is 5.94. The third kappa shape index (κ3) is 4.43. The summed E-state index contributed by atoms with van der Waals surface area (Å²) >= 11 is 0. The lowest BCUT2D eigenvalue weighted by Gasteiger charge is -2.10. The Kier molecular flexibility index (Phi) is 5.24. The second-order valence-electron chi connectivity index (χ2n) is 6.74. The van der Waals surface area contributed by atoms with Crippen LogP contribution in [0.4, 0.5) is 10.2 Å². The first-order chi connectivity index (χ1) is 14.1. The number of amides is 1. The molecule has 0 fully saturated rings. The SMILES string of the molecule is Cc1ccc(CNc2ccc3c(CNC(=O)c4ccc(F)cc4)cccc3n2)o1. The molecular weight excluding hydrogens is 369 g/mol. The fourth-order valence-electron chi connectivity index (χ4n) is 3.11. The summed E-state index contributed by atoms with van der Waals surface area (Å²) in [4.78, 5) is 16.9. The molecule has 0 radical (unpaired) electrons. The topological polar surface area (TPSA) is 67.2 Å². The van der Waals surface area contributed by atoms with Crippen molar-refractivity contribution in [2.45, 2.75) is 20.0 Å². The number of rotatable bonds is 6. The van der Waals surface area contributed by atoms with E-state index in [0.29, 0.717) is 18.7 Å². The molecule has 29 heavy (non-hydrogen) atoms. The van der Waals surface area contributed by atoms with Gasteiger partial charge in [0.05, 0.1) is 12.1 Å².